The molecule has 3 heteroatoms. The number of aryl methyl sites for hydroxylation is 1. The fourth-order valence-corrected chi connectivity index (χ4v) is 4.68. The van der Waals surface area contributed by atoms with Crippen LogP contribution in [0.15, 0.2) is 91.2 Å². The Morgan fingerprint density at radius 3 is 2.55 bits per heavy atom. The third-order valence-corrected chi connectivity index (χ3v) is 6.42. The maximum absolute atomic E-state index is 13.8. The van der Waals surface area contributed by atoms with E-state index in [1.165, 1.54) is 38.7 Å². The summed E-state index contributed by atoms with van der Waals surface area (Å²) in [5, 5.41) is 5.27. The fraction of sp³-hybridized carbons (Fsp3) is 0.200. The van der Waals surface area contributed by atoms with Gasteiger partial charge in [-0.2, -0.15) is 0 Å². The Bertz CT molecular complexity index is 1340. The Morgan fingerprint density at radius 2 is 1.76 bits per heavy atom. The molecule has 4 aromatic rings. The van der Waals surface area contributed by atoms with Crippen LogP contribution in [-0.2, 0) is 17.6 Å². The second-order valence-electron chi connectivity index (χ2n) is 8.52. The first-order valence-corrected chi connectivity index (χ1v) is 11.5. The molecular weight excluding hydrogens is 411 g/mol. The third-order valence-electron chi connectivity index (χ3n) is 6.42. The highest BCUT2D eigenvalue weighted by molar-refractivity contribution is 6.08. The summed E-state index contributed by atoms with van der Waals surface area (Å²) in [6, 6.07) is 22.6. The lowest BCUT2D eigenvalue weighted by atomic mass is 9.85. The van der Waals surface area contributed by atoms with Gasteiger partial charge in [0.05, 0.1) is 6.26 Å². The Balaban J connectivity index is 0.000000332. The number of hydrogen-bond donors (Lipinski definition) is 0. The first kappa shape index (κ1) is 21.3. The van der Waals surface area contributed by atoms with Gasteiger partial charge in [-0.25, -0.2) is 4.39 Å². The minimum absolute atomic E-state index is 0.0934. The van der Waals surface area contributed by atoms with Gasteiger partial charge in [-0.15, -0.1) is 0 Å². The van der Waals surface area contributed by atoms with E-state index in [2.05, 4.69) is 48.5 Å². The maximum Gasteiger partial charge on any atom is 0.129 e. The highest BCUT2D eigenvalue weighted by Gasteiger charge is 2.23. The average Bonchev–Trinajstić information content (AvgIpc) is 2.87. The van der Waals surface area contributed by atoms with Crippen LogP contribution in [0.25, 0.3) is 21.5 Å². The molecule has 166 valence electrons. The zero-order valence-corrected chi connectivity index (χ0v) is 18.8. The molecule has 6 rings (SSSR count). The van der Waals surface area contributed by atoms with E-state index in [1.54, 1.807) is 19.3 Å². The second-order valence-corrected chi connectivity index (χ2v) is 8.52. The van der Waals surface area contributed by atoms with Crippen LogP contribution in [0.5, 0.6) is 5.75 Å². The molecule has 0 bridgehead atoms. The highest BCUT2D eigenvalue weighted by Crippen LogP contribution is 2.34. The minimum atomic E-state index is -0.207. The van der Waals surface area contributed by atoms with Gasteiger partial charge in [0, 0.05) is 12.0 Å². The predicted molar refractivity (Wildman–Crippen MR) is 133 cm³/mol. The van der Waals surface area contributed by atoms with Crippen molar-refractivity contribution in [1.82, 2.24) is 0 Å². The van der Waals surface area contributed by atoms with Gasteiger partial charge < -0.3 is 9.47 Å². The Hall–Kier alpha value is -3.59. The molecule has 0 amide bonds. The van der Waals surface area contributed by atoms with Crippen molar-refractivity contribution in [2.75, 3.05) is 6.61 Å². The summed E-state index contributed by atoms with van der Waals surface area (Å²) in [6.45, 7) is 2.51. The first-order chi connectivity index (χ1) is 16.2. The zero-order chi connectivity index (χ0) is 22.6. The van der Waals surface area contributed by atoms with E-state index in [0.29, 0.717) is 11.3 Å². The molecule has 0 N–H and O–H groups in total. The molecule has 0 saturated heterocycles. The standard InChI is InChI=1S/C25H21FO.C5H6O/c1-16-24(26)7-4-8-25(16)27-19-11-14-21-18(15-19)10-13-22-20-6-3-2-5-17(20)9-12-23(21)22;1-2-4-6-5-3-1/h2-10,12-13,19H,11,14-15H2,1H3;1-4H,5H2. The Labute approximate surface area is 194 Å². The van der Waals surface area contributed by atoms with Crippen molar-refractivity contribution in [3.63, 3.8) is 0 Å². The molecule has 0 fully saturated rings. The van der Waals surface area contributed by atoms with E-state index in [4.69, 9.17) is 9.47 Å². The summed E-state index contributed by atoms with van der Waals surface area (Å²) in [6.07, 6.45) is 10.4. The monoisotopic (exact) mass is 438 g/mol. The molecule has 1 aliphatic carbocycles. The van der Waals surface area contributed by atoms with Gasteiger partial charge in [-0.05, 0) is 76.7 Å². The fourth-order valence-electron chi connectivity index (χ4n) is 4.68. The van der Waals surface area contributed by atoms with E-state index < -0.39 is 0 Å². The van der Waals surface area contributed by atoms with Crippen LogP contribution >= 0.6 is 0 Å². The van der Waals surface area contributed by atoms with Crippen LogP contribution in [0.2, 0.25) is 0 Å². The number of rotatable bonds is 2. The number of hydrogen-bond acceptors (Lipinski definition) is 2. The van der Waals surface area contributed by atoms with Crippen LogP contribution in [-0.4, -0.2) is 12.7 Å². The highest BCUT2D eigenvalue weighted by atomic mass is 19.1. The molecule has 1 unspecified atom stereocenters. The lowest BCUT2D eigenvalue weighted by Gasteiger charge is -2.27. The average molecular weight is 439 g/mol. The second kappa shape index (κ2) is 9.50. The number of fused-ring (bicyclic) bond motifs is 5. The van der Waals surface area contributed by atoms with Crippen LogP contribution < -0.4 is 4.74 Å². The molecule has 2 aliphatic rings. The summed E-state index contributed by atoms with van der Waals surface area (Å²) < 4.78 is 24.8. The van der Waals surface area contributed by atoms with Crippen LogP contribution in [0.3, 0.4) is 0 Å². The molecule has 0 spiro atoms. The molecule has 1 heterocycles. The number of benzene rings is 4. The molecular formula is C30H27FO2. The lowest BCUT2D eigenvalue weighted by Crippen LogP contribution is -2.25. The van der Waals surface area contributed by atoms with Crippen molar-refractivity contribution in [2.45, 2.75) is 32.3 Å². The maximum atomic E-state index is 13.8. The van der Waals surface area contributed by atoms with Gasteiger partial charge in [-0.3, -0.25) is 0 Å². The largest absolute Gasteiger partial charge is 0.497 e. The van der Waals surface area contributed by atoms with E-state index >= 15 is 0 Å². The molecule has 1 atom stereocenters. The molecule has 1 aliphatic heterocycles. The number of ether oxygens (including phenoxy) is 2. The third kappa shape index (κ3) is 4.49. The minimum Gasteiger partial charge on any atom is -0.497 e. The van der Waals surface area contributed by atoms with Gasteiger partial charge in [-0.1, -0.05) is 60.7 Å². The summed E-state index contributed by atoms with van der Waals surface area (Å²) in [7, 11) is 0. The predicted octanol–water partition coefficient (Wildman–Crippen LogP) is 7.46. The summed E-state index contributed by atoms with van der Waals surface area (Å²) in [5.41, 5.74) is 3.38. The van der Waals surface area contributed by atoms with E-state index in [0.717, 1.165) is 25.9 Å². The molecule has 4 aromatic carbocycles. The van der Waals surface area contributed by atoms with Crippen molar-refractivity contribution >= 4 is 21.5 Å². The zero-order valence-electron chi connectivity index (χ0n) is 18.8. The van der Waals surface area contributed by atoms with Crippen molar-refractivity contribution < 1.29 is 13.9 Å². The van der Waals surface area contributed by atoms with Gasteiger partial charge in [0.1, 0.15) is 24.3 Å². The molecule has 0 aromatic heterocycles. The summed E-state index contributed by atoms with van der Waals surface area (Å²) in [5.74, 6) is 0.455. The smallest absolute Gasteiger partial charge is 0.129 e. The van der Waals surface area contributed by atoms with Gasteiger partial charge >= 0.3 is 0 Å². The van der Waals surface area contributed by atoms with Gasteiger partial charge in [0.15, 0.2) is 0 Å². The van der Waals surface area contributed by atoms with Crippen molar-refractivity contribution in [2.24, 2.45) is 0 Å². The van der Waals surface area contributed by atoms with Crippen molar-refractivity contribution in [3.05, 3.63) is 114 Å². The molecule has 0 saturated carbocycles. The molecule has 0 radical (unpaired) electrons. The first-order valence-electron chi connectivity index (χ1n) is 11.5. The normalized spacial score (nSPS) is 16.6. The molecule has 33 heavy (non-hydrogen) atoms. The van der Waals surface area contributed by atoms with E-state index in [-0.39, 0.29) is 11.9 Å². The summed E-state index contributed by atoms with van der Waals surface area (Å²) in [4.78, 5) is 0. The Morgan fingerprint density at radius 1 is 0.879 bits per heavy atom. The van der Waals surface area contributed by atoms with Crippen molar-refractivity contribution in [1.29, 1.82) is 0 Å². The van der Waals surface area contributed by atoms with E-state index in [9.17, 15) is 4.39 Å². The number of halogens is 1. The lowest BCUT2D eigenvalue weighted by molar-refractivity contribution is 0.183. The van der Waals surface area contributed by atoms with Crippen LogP contribution in [0.4, 0.5) is 4.39 Å². The quantitative estimate of drug-likeness (QED) is 0.302. The van der Waals surface area contributed by atoms with Crippen molar-refractivity contribution in [3.8, 4) is 5.75 Å². The van der Waals surface area contributed by atoms with Gasteiger partial charge in [0.25, 0.3) is 0 Å². The van der Waals surface area contributed by atoms with E-state index in [1.807, 2.05) is 24.3 Å². The van der Waals surface area contributed by atoms with Crippen LogP contribution in [0.1, 0.15) is 23.1 Å². The topological polar surface area (TPSA) is 18.5 Å². The Kier molecular flexibility index (Phi) is 6.12. The number of allylic oxidation sites excluding steroid dienone is 2. The summed E-state index contributed by atoms with van der Waals surface area (Å²) >= 11 is 0. The van der Waals surface area contributed by atoms with Crippen LogP contribution in [0, 0.1) is 12.7 Å². The SMILES string of the molecule is C1=CCOC=C1.Cc1c(F)cccc1OC1CCc2c(ccc3c2ccc2ccccc23)C1. The molecule has 2 nitrogen and oxygen atoms in total. The van der Waals surface area contributed by atoms with Gasteiger partial charge in [0.2, 0.25) is 0 Å².